The number of nitrogens with two attached hydrogens (primary N) is 1. The van der Waals surface area contributed by atoms with Crippen LogP contribution in [0.5, 0.6) is 0 Å². The van der Waals surface area contributed by atoms with E-state index in [4.69, 9.17) is 5.73 Å². The summed E-state index contributed by atoms with van der Waals surface area (Å²) in [6.45, 7) is 0. The zero-order chi connectivity index (χ0) is 14.0. The number of hydrogen-bond acceptors (Lipinski definition) is 6. The summed E-state index contributed by atoms with van der Waals surface area (Å²) in [4.78, 5) is 15.4. The second-order valence-corrected chi connectivity index (χ2v) is 4.21. The topological polar surface area (TPSA) is 77.6 Å². The molecule has 0 amide bonds. The highest BCUT2D eigenvalue weighted by molar-refractivity contribution is 7.98. The highest BCUT2D eigenvalue weighted by Crippen LogP contribution is 2.29. The van der Waals surface area contributed by atoms with Gasteiger partial charge in [-0.3, -0.25) is 4.98 Å². The first-order valence-electron chi connectivity index (χ1n) is 4.99. The fraction of sp³-hybridized carbons (Fsp3) is 0.200. The number of halogens is 3. The molecular weight excluding hydrogens is 279 g/mol. The maximum Gasteiger partial charge on any atom is 0.417 e. The maximum atomic E-state index is 12.4. The van der Waals surface area contributed by atoms with Gasteiger partial charge in [0.2, 0.25) is 5.95 Å². The van der Waals surface area contributed by atoms with Gasteiger partial charge in [-0.05, 0) is 18.4 Å². The van der Waals surface area contributed by atoms with Crippen molar-refractivity contribution in [3.63, 3.8) is 0 Å². The number of nitrogen functional groups attached to an aromatic ring is 1. The SMILES string of the molecule is CSc1nc(N)nc(-c2ccc(C(F)(F)F)cn2)n1. The number of rotatable bonds is 2. The molecule has 2 aromatic heterocycles. The largest absolute Gasteiger partial charge is 0.417 e. The lowest BCUT2D eigenvalue weighted by Gasteiger charge is -2.06. The van der Waals surface area contributed by atoms with Gasteiger partial charge in [0.05, 0.1) is 5.56 Å². The van der Waals surface area contributed by atoms with Gasteiger partial charge in [0, 0.05) is 6.20 Å². The molecule has 100 valence electrons. The van der Waals surface area contributed by atoms with Crippen molar-refractivity contribution in [3.05, 3.63) is 23.9 Å². The zero-order valence-corrected chi connectivity index (χ0v) is 10.5. The molecule has 0 aromatic carbocycles. The van der Waals surface area contributed by atoms with E-state index in [0.29, 0.717) is 5.16 Å². The summed E-state index contributed by atoms with van der Waals surface area (Å²) in [6, 6.07) is 2.11. The van der Waals surface area contributed by atoms with Crippen LogP contribution in [0.25, 0.3) is 11.5 Å². The Kier molecular flexibility index (Phi) is 3.56. The number of pyridine rings is 1. The molecule has 19 heavy (non-hydrogen) atoms. The van der Waals surface area contributed by atoms with Gasteiger partial charge < -0.3 is 5.73 Å². The molecule has 0 aliphatic rings. The summed E-state index contributed by atoms with van der Waals surface area (Å²) in [5, 5.41) is 0.379. The van der Waals surface area contributed by atoms with Crippen LogP contribution in [0.15, 0.2) is 23.5 Å². The summed E-state index contributed by atoms with van der Waals surface area (Å²) < 4.78 is 37.2. The normalized spacial score (nSPS) is 11.6. The molecule has 0 unspecified atom stereocenters. The van der Waals surface area contributed by atoms with Crippen molar-refractivity contribution >= 4 is 17.7 Å². The minimum atomic E-state index is -4.42. The first-order valence-corrected chi connectivity index (χ1v) is 6.22. The lowest BCUT2D eigenvalue weighted by atomic mass is 10.2. The summed E-state index contributed by atoms with van der Waals surface area (Å²) in [7, 11) is 0. The van der Waals surface area contributed by atoms with E-state index in [1.54, 1.807) is 6.26 Å². The number of hydrogen-bond donors (Lipinski definition) is 1. The lowest BCUT2D eigenvalue weighted by Crippen LogP contribution is -2.06. The monoisotopic (exact) mass is 287 g/mol. The zero-order valence-electron chi connectivity index (χ0n) is 9.64. The molecular formula is C10H8F3N5S. The predicted molar refractivity (Wildman–Crippen MR) is 64.3 cm³/mol. The molecule has 0 radical (unpaired) electrons. The standard InChI is InChI=1S/C10H8F3N5S/c1-19-9-17-7(16-8(14)18-9)6-3-2-5(4-15-6)10(11,12)13/h2-4H,1H3,(H2,14,16,17,18). The van der Waals surface area contributed by atoms with Crippen molar-refractivity contribution in [1.82, 2.24) is 19.9 Å². The van der Waals surface area contributed by atoms with Crippen molar-refractivity contribution in [2.45, 2.75) is 11.3 Å². The molecule has 0 saturated carbocycles. The second-order valence-electron chi connectivity index (χ2n) is 3.43. The molecule has 0 atom stereocenters. The Morgan fingerprint density at radius 2 is 1.89 bits per heavy atom. The Morgan fingerprint density at radius 3 is 2.42 bits per heavy atom. The molecule has 0 fully saturated rings. The van der Waals surface area contributed by atoms with Crippen LogP contribution < -0.4 is 5.73 Å². The number of aromatic nitrogens is 4. The average Bonchev–Trinajstić information content (AvgIpc) is 2.37. The summed E-state index contributed by atoms with van der Waals surface area (Å²) in [6.07, 6.45) is -1.94. The molecule has 2 N–H and O–H groups in total. The van der Waals surface area contributed by atoms with E-state index in [2.05, 4.69) is 19.9 Å². The van der Waals surface area contributed by atoms with Gasteiger partial charge in [-0.1, -0.05) is 11.8 Å². The number of anilines is 1. The molecule has 0 aliphatic carbocycles. The van der Waals surface area contributed by atoms with E-state index in [0.717, 1.165) is 12.3 Å². The molecule has 0 aliphatic heterocycles. The Morgan fingerprint density at radius 1 is 1.16 bits per heavy atom. The summed E-state index contributed by atoms with van der Waals surface area (Å²) in [5.74, 6) is 0.140. The second kappa shape index (κ2) is 5.00. The Balaban J connectivity index is 2.40. The highest BCUT2D eigenvalue weighted by atomic mass is 32.2. The summed E-state index contributed by atoms with van der Waals surface area (Å²) >= 11 is 1.25. The van der Waals surface area contributed by atoms with Crippen molar-refractivity contribution in [2.24, 2.45) is 0 Å². The van der Waals surface area contributed by atoms with Crippen LogP contribution in [0.3, 0.4) is 0 Å². The third-order valence-corrected chi connectivity index (χ3v) is 2.68. The molecule has 5 nitrogen and oxygen atoms in total. The highest BCUT2D eigenvalue weighted by Gasteiger charge is 2.30. The van der Waals surface area contributed by atoms with Crippen LogP contribution in [0.1, 0.15) is 5.56 Å². The first kappa shape index (κ1) is 13.5. The average molecular weight is 287 g/mol. The van der Waals surface area contributed by atoms with E-state index in [9.17, 15) is 13.2 Å². The van der Waals surface area contributed by atoms with Gasteiger partial charge in [0.15, 0.2) is 11.0 Å². The predicted octanol–water partition coefficient (Wildman–Crippen LogP) is 2.26. The lowest BCUT2D eigenvalue weighted by molar-refractivity contribution is -0.137. The van der Waals surface area contributed by atoms with E-state index in [1.165, 1.54) is 17.8 Å². The first-order chi connectivity index (χ1) is 8.90. The molecule has 2 heterocycles. The fourth-order valence-electron chi connectivity index (χ4n) is 1.27. The quantitative estimate of drug-likeness (QED) is 0.854. The van der Waals surface area contributed by atoms with Crippen LogP contribution in [-0.2, 0) is 6.18 Å². The Labute approximate surface area is 110 Å². The van der Waals surface area contributed by atoms with Crippen molar-refractivity contribution < 1.29 is 13.2 Å². The van der Waals surface area contributed by atoms with Crippen LogP contribution in [-0.4, -0.2) is 26.2 Å². The molecule has 0 bridgehead atoms. The van der Waals surface area contributed by atoms with Crippen LogP contribution >= 0.6 is 11.8 Å². The van der Waals surface area contributed by atoms with Crippen molar-refractivity contribution in [2.75, 3.05) is 12.0 Å². The van der Waals surface area contributed by atoms with Gasteiger partial charge in [0.25, 0.3) is 0 Å². The third-order valence-electron chi connectivity index (χ3n) is 2.13. The Hall–Kier alpha value is -1.90. The van der Waals surface area contributed by atoms with Gasteiger partial charge in [-0.2, -0.15) is 23.1 Å². The van der Waals surface area contributed by atoms with Crippen molar-refractivity contribution in [1.29, 1.82) is 0 Å². The van der Waals surface area contributed by atoms with Gasteiger partial charge in [0.1, 0.15) is 5.69 Å². The maximum absolute atomic E-state index is 12.4. The van der Waals surface area contributed by atoms with Crippen LogP contribution in [0.4, 0.5) is 19.1 Å². The molecule has 0 saturated heterocycles. The van der Waals surface area contributed by atoms with Crippen LogP contribution in [0.2, 0.25) is 0 Å². The van der Waals surface area contributed by atoms with Gasteiger partial charge in [-0.25, -0.2) is 4.98 Å². The van der Waals surface area contributed by atoms with E-state index in [1.807, 2.05) is 0 Å². The number of alkyl halides is 3. The summed E-state index contributed by atoms with van der Waals surface area (Å²) in [5.41, 5.74) is 4.86. The third kappa shape index (κ3) is 3.11. The molecule has 9 heteroatoms. The van der Waals surface area contributed by atoms with Crippen LogP contribution in [0, 0.1) is 0 Å². The van der Waals surface area contributed by atoms with E-state index >= 15 is 0 Å². The minimum absolute atomic E-state index is 0.00366. The number of nitrogens with zero attached hydrogens (tertiary/aromatic N) is 4. The molecule has 0 spiro atoms. The molecule has 2 rings (SSSR count). The molecule has 2 aromatic rings. The van der Waals surface area contributed by atoms with E-state index < -0.39 is 11.7 Å². The number of thioether (sulfide) groups is 1. The fourth-order valence-corrected chi connectivity index (χ4v) is 1.63. The van der Waals surface area contributed by atoms with Gasteiger partial charge in [-0.15, -0.1) is 0 Å². The minimum Gasteiger partial charge on any atom is -0.368 e. The van der Waals surface area contributed by atoms with Gasteiger partial charge >= 0.3 is 6.18 Å². The van der Waals surface area contributed by atoms with Crippen molar-refractivity contribution in [3.8, 4) is 11.5 Å². The Bertz CT molecular complexity index is 585. The van der Waals surface area contributed by atoms with E-state index in [-0.39, 0.29) is 17.5 Å². The smallest absolute Gasteiger partial charge is 0.368 e.